The van der Waals surface area contributed by atoms with Crippen LogP contribution in [0.15, 0.2) is 0 Å². The molecule has 0 aromatic rings. The minimum Gasteiger partial charge on any atom is -0.402 e. The summed E-state index contributed by atoms with van der Waals surface area (Å²) >= 11 is 4.38. The largest absolute Gasteiger partial charge is 0.638 e. The van der Waals surface area contributed by atoms with Crippen LogP contribution in [0.25, 0.3) is 0 Å². The van der Waals surface area contributed by atoms with Crippen LogP contribution in [0.4, 0.5) is 0 Å². The first-order chi connectivity index (χ1) is 7.60. The summed E-state index contributed by atoms with van der Waals surface area (Å²) in [6, 6.07) is 0. The van der Waals surface area contributed by atoms with E-state index in [0.29, 0.717) is 0 Å². The van der Waals surface area contributed by atoms with Crippen molar-refractivity contribution in [3.63, 3.8) is 0 Å². The molecule has 0 rings (SSSR count). The maximum absolute atomic E-state index is 9.53. The zero-order valence-electron chi connectivity index (χ0n) is 9.99. The number of hydrogen-bond donors (Lipinski definition) is 1. The normalized spacial score (nSPS) is 14.8. The highest BCUT2D eigenvalue weighted by Gasteiger charge is 2.23. The van der Waals surface area contributed by atoms with Gasteiger partial charge in [-0.1, -0.05) is 84.7 Å². The van der Waals surface area contributed by atoms with E-state index in [-0.39, 0.29) is 8.22 Å². The van der Waals surface area contributed by atoms with Gasteiger partial charge in [0.2, 0.25) is 0 Å². The second-order valence-electron chi connectivity index (χ2n) is 3.68. The molecular weight excluding hydrogens is 433 g/mol. The molecule has 0 saturated carbocycles. The highest BCUT2D eigenvalue weighted by atomic mass is 127. The van der Waals surface area contributed by atoms with Gasteiger partial charge >= 0.3 is 7.32 Å². The molecule has 0 amide bonds. The fraction of sp³-hybridized carbons (Fsp3) is 1.00. The smallest absolute Gasteiger partial charge is 0.402 e. The third kappa shape index (κ3) is 10.6. The number of rotatable bonds is 10. The predicted octanol–water partition coefficient (Wildman–Crippen LogP) is 3.90. The fourth-order valence-corrected chi connectivity index (χ4v) is 2.53. The number of halogens is 2. The summed E-state index contributed by atoms with van der Waals surface area (Å²) in [7, 11) is -1.09. The van der Waals surface area contributed by atoms with E-state index < -0.39 is 7.32 Å². The maximum atomic E-state index is 9.53. The van der Waals surface area contributed by atoms with E-state index in [2.05, 4.69) is 59.0 Å². The van der Waals surface area contributed by atoms with E-state index in [1.54, 1.807) is 0 Å². The minimum atomic E-state index is -1.09. The molecule has 2 unspecified atom stereocenters. The lowest BCUT2D eigenvalue weighted by molar-refractivity contribution is 0.115. The van der Waals surface area contributed by atoms with Crippen LogP contribution in [-0.2, 0) is 9.31 Å². The van der Waals surface area contributed by atoms with E-state index in [9.17, 15) is 5.02 Å². The first kappa shape index (κ1) is 17.4. The third-order valence-corrected chi connectivity index (χ3v) is 3.93. The highest BCUT2D eigenvalue weighted by molar-refractivity contribution is 14.1. The Morgan fingerprint density at radius 2 is 1.38 bits per heavy atom. The number of unbranched alkanes of at least 4 members (excludes halogenated alkanes) is 2. The lowest BCUT2D eigenvalue weighted by Gasteiger charge is -2.16. The predicted molar refractivity (Wildman–Crippen MR) is 84.8 cm³/mol. The van der Waals surface area contributed by atoms with Crippen LogP contribution < -0.4 is 0 Å². The minimum absolute atomic E-state index is 0.0299. The number of alkyl halides is 2. The summed E-state index contributed by atoms with van der Waals surface area (Å²) in [6.07, 6.45) is 6.43. The molecule has 0 heterocycles. The Bertz CT molecular complexity index is 147. The van der Waals surface area contributed by atoms with Gasteiger partial charge in [-0.2, -0.15) is 0 Å². The van der Waals surface area contributed by atoms with Crippen molar-refractivity contribution in [1.82, 2.24) is 0 Å². The molecule has 0 bridgehead atoms. The van der Waals surface area contributed by atoms with Crippen molar-refractivity contribution in [2.75, 3.05) is 0 Å². The molecule has 0 aliphatic rings. The van der Waals surface area contributed by atoms with Crippen molar-refractivity contribution in [1.29, 1.82) is 0 Å². The summed E-state index contributed by atoms with van der Waals surface area (Å²) in [5, 5.41) is 9.53. The van der Waals surface area contributed by atoms with Crippen molar-refractivity contribution in [2.24, 2.45) is 0 Å². The molecular formula is C10H21BI2O3. The Balaban J connectivity index is 3.58. The lowest BCUT2D eigenvalue weighted by atomic mass is 10.2. The molecule has 3 nitrogen and oxygen atoms in total. The van der Waals surface area contributed by atoms with Gasteiger partial charge in [-0.3, -0.25) is 0 Å². The zero-order chi connectivity index (χ0) is 12.4. The summed E-state index contributed by atoms with van der Waals surface area (Å²) in [4.78, 5) is 0. The van der Waals surface area contributed by atoms with Crippen molar-refractivity contribution in [3.8, 4) is 0 Å². The summed E-state index contributed by atoms with van der Waals surface area (Å²) in [5.74, 6) is 0. The van der Waals surface area contributed by atoms with Crippen molar-refractivity contribution >= 4 is 52.5 Å². The molecule has 96 valence electrons. The van der Waals surface area contributed by atoms with Crippen molar-refractivity contribution in [3.05, 3.63) is 0 Å². The van der Waals surface area contributed by atoms with Crippen LogP contribution in [0.5, 0.6) is 0 Å². The van der Waals surface area contributed by atoms with Crippen LogP contribution in [0, 0.1) is 0 Å². The molecule has 0 fully saturated rings. The maximum Gasteiger partial charge on any atom is 0.638 e. The van der Waals surface area contributed by atoms with Gasteiger partial charge < -0.3 is 14.3 Å². The van der Waals surface area contributed by atoms with Gasteiger partial charge in [0.1, 0.15) is 0 Å². The van der Waals surface area contributed by atoms with Crippen LogP contribution >= 0.6 is 45.2 Å². The summed E-state index contributed by atoms with van der Waals surface area (Å²) in [5.41, 5.74) is 0. The van der Waals surface area contributed by atoms with Gasteiger partial charge in [0.15, 0.2) is 0 Å². The van der Waals surface area contributed by atoms with Crippen LogP contribution in [0.2, 0.25) is 0 Å². The van der Waals surface area contributed by atoms with Gasteiger partial charge in [0, 0.05) is 0 Å². The van der Waals surface area contributed by atoms with E-state index >= 15 is 0 Å². The molecule has 0 aliphatic carbocycles. The first-order valence-electron chi connectivity index (χ1n) is 5.87. The average molecular weight is 454 g/mol. The van der Waals surface area contributed by atoms with E-state index in [4.69, 9.17) is 9.31 Å². The SMILES string of the molecule is CCCCC(I)OB(O)OC(I)CCCC. The lowest BCUT2D eigenvalue weighted by Crippen LogP contribution is -2.29. The van der Waals surface area contributed by atoms with Crippen molar-refractivity contribution < 1.29 is 14.3 Å². The second-order valence-corrected chi connectivity index (χ2v) is 6.46. The van der Waals surface area contributed by atoms with Gasteiger partial charge in [0.25, 0.3) is 0 Å². The Morgan fingerprint density at radius 3 is 1.69 bits per heavy atom. The molecule has 0 spiro atoms. The molecule has 0 radical (unpaired) electrons. The fourth-order valence-electron chi connectivity index (χ4n) is 1.15. The highest BCUT2D eigenvalue weighted by Crippen LogP contribution is 2.16. The van der Waals surface area contributed by atoms with Gasteiger partial charge in [-0.15, -0.1) is 0 Å². The van der Waals surface area contributed by atoms with Crippen LogP contribution in [0.1, 0.15) is 52.4 Å². The molecule has 6 heteroatoms. The van der Waals surface area contributed by atoms with Crippen LogP contribution in [-0.4, -0.2) is 20.6 Å². The van der Waals surface area contributed by atoms with Crippen molar-refractivity contribution in [2.45, 2.75) is 60.6 Å². The molecule has 0 aromatic carbocycles. The first-order valence-corrected chi connectivity index (χ1v) is 8.36. The quantitative estimate of drug-likeness (QED) is 0.310. The molecule has 0 aromatic heterocycles. The average Bonchev–Trinajstić information content (AvgIpc) is 2.23. The molecule has 0 aliphatic heterocycles. The monoisotopic (exact) mass is 454 g/mol. The Hall–Kier alpha value is 1.40. The van der Waals surface area contributed by atoms with Crippen LogP contribution in [0.3, 0.4) is 0 Å². The Labute approximate surface area is 126 Å². The Kier molecular flexibility index (Phi) is 12.5. The summed E-state index contributed by atoms with van der Waals surface area (Å²) < 4.78 is 10.7. The van der Waals surface area contributed by atoms with Gasteiger partial charge in [-0.25, -0.2) is 0 Å². The van der Waals surface area contributed by atoms with Gasteiger partial charge in [0.05, 0.1) is 8.22 Å². The standard InChI is InChI=1S/C10H21BI2O3/c1-3-5-7-9(12)15-11(14)16-10(13)8-6-4-2/h9-10,14H,3-8H2,1-2H3. The zero-order valence-corrected chi connectivity index (χ0v) is 14.3. The summed E-state index contributed by atoms with van der Waals surface area (Å²) in [6.45, 7) is 4.28. The number of hydrogen-bond acceptors (Lipinski definition) is 3. The molecule has 1 N–H and O–H groups in total. The Morgan fingerprint density at radius 1 is 1.00 bits per heavy atom. The van der Waals surface area contributed by atoms with E-state index in [0.717, 1.165) is 38.5 Å². The topological polar surface area (TPSA) is 38.7 Å². The molecule has 2 atom stereocenters. The molecule has 0 saturated heterocycles. The third-order valence-electron chi connectivity index (χ3n) is 2.10. The van der Waals surface area contributed by atoms with Gasteiger partial charge in [-0.05, 0) is 12.8 Å². The second kappa shape index (κ2) is 11.5. The molecule has 16 heavy (non-hydrogen) atoms. The van der Waals surface area contributed by atoms with E-state index in [1.165, 1.54) is 0 Å². The van der Waals surface area contributed by atoms with E-state index in [1.807, 2.05) is 0 Å².